The molecule has 1 saturated heterocycles. The monoisotopic (exact) mass is 317 g/mol. The predicted molar refractivity (Wildman–Crippen MR) is 89.3 cm³/mol. The molecule has 1 aliphatic rings. The number of aliphatic hydroxyl groups excluding tert-OH is 1. The Bertz CT molecular complexity index is 682. The average molecular weight is 317 g/mol. The molecular weight excluding hydrogens is 294 g/mol. The molecule has 0 radical (unpaired) electrons. The minimum atomic E-state index is -0.247. The summed E-state index contributed by atoms with van der Waals surface area (Å²) in [6.45, 7) is 3.64. The summed E-state index contributed by atoms with van der Waals surface area (Å²) in [5.41, 5.74) is 0.838. The zero-order valence-electron chi connectivity index (χ0n) is 13.8. The van der Waals surface area contributed by atoms with Crippen LogP contribution in [0.15, 0.2) is 18.5 Å². The number of hydrogen-bond donors (Lipinski definition) is 1. The maximum Gasteiger partial charge on any atom is 0.162 e. The van der Waals surface area contributed by atoms with E-state index in [1.165, 1.54) is 0 Å². The van der Waals surface area contributed by atoms with Crippen LogP contribution in [0.25, 0.3) is 10.9 Å². The number of hydrogen-bond acceptors (Lipinski definition) is 6. The molecule has 1 aromatic heterocycles. The quantitative estimate of drug-likeness (QED) is 0.933. The maximum absolute atomic E-state index is 9.76. The molecule has 0 saturated carbocycles. The highest BCUT2D eigenvalue weighted by atomic mass is 16.5. The molecular formula is C17H23N3O3. The van der Waals surface area contributed by atoms with Gasteiger partial charge in [-0.3, -0.25) is 0 Å². The molecule has 6 nitrogen and oxygen atoms in total. The second-order valence-corrected chi connectivity index (χ2v) is 5.99. The normalized spacial score (nSPS) is 17.3. The molecule has 2 aromatic rings. The Kier molecular flexibility index (Phi) is 4.52. The van der Waals surface area contributed by atoms with Gasteiger partial charge in [0.05, 0.1) is 25.8 Å². The molecule has 1 N–H and O–H groups in total. The van der Waals surface area contributed by atoms with Gasteiger partial charge in [0.15, 0.2) is 11.5 Å². The van der Waals surface area contributed by atoms with E-state index in [1.54, 1.807) is 20.5 Å². The zero-order chi connectivity index (χ0) is 16.4. The first kappa shape index (κ1) is 15.8. The molecule has 0 aliphatic carbocycles. The lowest BCUT2D eigenvalue weighted by atomic mass is 9.92. The van der Waals surface area contributed by atoms with E-state index in [4.69, 9.17) is 9.47 Å². The molecule has 1 aliphatic heterocycles. The molecule has 0 amide bonds. The van der Waals surface area contributed by atoms with Crippen LogP contribution in [0.2, 0.25) is 0 Å². The van der Waals surface area contributed by atoms with E-state index in [9.17, 15) is 5.11 Å². The lowest BCUT2D eigenvalue weighted by Crippen LogP contribution is -2.37. The van der Waals surface area contributed by atoms with E-state index in [2.05, 4.69) is 14.9 Å². The van der Waals surface area contributed by atoms with E-state index in [0.717, 1.165) is 42.7 Å². The molecule has 124 valence electrons. The molecule has 23 heavy (non-hydrogen) atoms. The zero-order valence-corrected chi connectivity index (χ0v) is 13.8. The summed E-state index contributed by atoms with van der Waals surface area (Å²) in [5, 5.41) is 10.7. The van der Waals surface area contributed by atoms with Crippen LogP contribution in [0, 0.1) is 5.92 Å². The van der Waals surface area contributed by atoms with Gasteiger partial charge in [-0.15, -0.1) is 0 Å². The molecule has 0 bridgehead atoms. The van der Waals surface area contributed by atoms with Crippen molar-refractivity contribution in [3.05, 3.63) is 18.5 Å². The van der Waals surface area contributed by atoms with Gasteiger partial charge in [-0.05, 0) is 31.7 Å². The van der Waals surface area contributed by atoms with Crippen molar-refractivity contribution in [1.82, 2.24) is 9.97 Å². The van der Waals surface area contributed by atoms with Gasteiger partial charge in [-0.1, -0.05) is 0 Å². The molecule has 2 heterocycles. The van der Waals surface area contributed by atoms with Gasteiger partial charge < -0.3 is 19.5 Å². The van der Waals surface area contributed by atoms with Crippen molar-refractivity contribution in [2.75, 3.05) is 32.2 Å². The van der Waals surface area contributed by atoms with E-state index in [1.807, 2.05) is 19.1 Å². The molecule has 3 rings (SSSR count). The third kappa shape index (κ3) is 3.03. The van der Waals surface area contributed by atoms with E-state index in [-0.39, 0.29) is 6.10 Å². The molecule has 1 fully saturated rings. The minimum absolute atomic E-state index is 0.247. The van der Waals surface area contributed by atoms with Crippen LogP contribution in [-0.4, -0.2) is 48.5 Å². The second-order valence-electron chi connectivity index (χ2n) is 5.99. The number of ether oxygens (including phenoxy) is 2. The van der Waals surface area contributed by atoms with Gasteiger partial charge >= 0.3 is 0 Å². The topological polar surface area (TPSA) is 67.7 Å². The SMILES string of the molecule is COc1cc2ncnc(N3CCC(C(C)O)CC3)c2cc1OC. The predicted octanol–water partition coefficient (Wildman–Crippen LogP) is 2.24. The van der Waals surface area contributed by atoms with E-state index in [0.29, 0.717) is 17.4 Å². The number of piperidine rings is 1. The van der Waals surface area contributed by atoms with Crippen molar-refractivity contribution in [3.63, 3.8) is 0 Å². The molecule has 1 aromatic carbocycles. The van der Waals surface area contributed by atoms with Crippen LogP contribution < -0.4 is 14.4 Å². The summed E-state index contributed by atoms with van der Waals surface area (Å²) < 4.78 is 10.7. The number of anilines is 1. The van der Waals surface area contributed by atoms with Gasteiger partial charge in [0, 0.05) is 24.5 Å². The van der Waals surface area contributed by atoms with Gasteiger partial charge in [-0.2, -0.15) is 0 Å². The standard InChI is InChI=1S/C17H23N3O3/c1-11(21)12-4-6-20(7-5-12)17-13-8-15(22-2)16(23-3)9-14(13)18-10-19-17/h8-12,21H,4-7H2,1-3H3. The molecule has 6 heteroatoms. The fraction of sp³-hybridized carbons (Fsp3) is 0.529. The molecule has 0 spiro atoms. The third-order valence-corrected chi connectivity index (χ3v) is 4.64. The highest BCUT2D eigenvalue weighted by Crippen LogP contribution is 2.35. The fourth-order valence-corrected chi connectivity index (χ4v) is 3.22. The van der Waals surface area contributed by atoms with Crippen molar-refractivity contribution < 1.29 is 14.6 Å². The highest BCUT2D eigenvalue weighted by Gasteiger charge is 2.24. The fourth-order valence-electron chi connectivity index (χ4n) is 3.22. The Hall–Kier alpha value is -2.08. The summed E-state index contributed by atoms with van der Waals surface area (Å²) in [7, 11) is 3.24. The van der Waals surface area contributed by atoms with Crippen molar-refractivity contribution in [2.24, 2.45) is 5.92 Å². The van der Waals surface area contributed by atoms with Gasteiger partial charge in [0.1, 0.15) is 12.1 Å². The Morgan fingerprint density at radius 2 is 1.78 bits per heavy atom. The summed E-state index contributed by atoms with van der Waals surface area (Å²) in [5.74, 6) is 2.63. The van der Waals surface area contributed by atoms with Crippen molar-refractivity contribution >= 4 is 16.7 Å². The first-order valence-electron chi connectivity index (χ1n) is 7.93. The maximum atomic E-state index is 9.76. The lowest BCUT2D eigenvalue weighted by molar-refractivity contribution is 0.110. The van der Waals surface area contributed by atoms with Crippen LogP contribution in [0.4, 0.5) is 5.82 Å². The number of aliphatic hydroxyl groups is 1. The van der Waals surface area contributed by atoms with E-state index >= 15 is 0 Å². The van der Waals surface area contributed by atoms with Gasteiger partial charge in [0.25, 0.3) is 0 Å². The lowest BCUT2D eigenvalue weighted by Gasteiger charge is -2.34. The number of aromatic nitrogens is 2. The Balaban J connectivity index is 1.95. The largest absolute Gasteiger partial charge is 0.493 e. The van der Waals surface area contributed by atoms with Gasteiger partial charge in [-0.25, -0.2) is 9.97 Å². The van der Waals surface area contributed by atoms with E-state index < -0.39 is 0 Å². The molecule has 1 atom stereocenters. The Morgan fingerprint density at radius 3 is 2.39 bits per heavy atom. The van der Waals surface area contributed by atoms with Crippen LogP contribution >= 0.6 is 0 Å². The van der Waals surface area contributed by atoms with Crippen LogP contribution in [0.1, 0.15) is 19.8 Å². The van der Waals surface area contributed by atoms with Crippen LogP contribution in [-0.2, 0) is 0 Å². The van der Waals surface area contributed by atoms with Crippen LogP contribution in [0.3, 0.4) is 0 Å². The minimum Gasteiger partial charge on any atom is -0.493 e. The third-order valence-electron chi connectivity index (χ3n) is 4.64. The van der Waals surface area contributed by atoms with Gasteiger partial charge in [0.2, 0.25) is 0 Å². The summed E-state index contributed by atoms with van der Waals surface area (Å²) in [4.78, 5) is 11.1. The van der Waals surface area contributed by atoms with Crippen LogP contribution in [0.5, 0.6) is 11.5 Å². The van der Waals surface area contributed by atoms with Crippen molar-refractivity contribution in [3.8, 4) is 11.5 Å². The summed E-state index contributed by atoms with van der Waals surface area (Å²) in [6, 6.07) is 3.81. The number of benzene rings is 1. The second kappa shape index (κ2) is 6.58. The Morgan fingerprint density at radius 1 is 1.13 bits per heavy atom. The first-order valence-corrected chi connectivity index (χ1v) is 7.93. The molecule has 1 unspecified atom stereocenters. The average Bonchev–Trinajstić information content (AvgIpc) is 2.60. The summed E-state index contributed by atoms with van der Waals surface area (Å²) in [6.07, 6.45) is 3.28. The smallest absolute Gasteiger partial charge is 0.162 e. The van der Waals surface area contributed by atoms with Crippen molar-refractivity contribution in [1.29, 1.82) is 0 Å². The number of methoxy groups -OCH3 is 2. The van der Waals surface area contributed by atoms with Crippen molar-refractivity contribution in [2.45, 2.75) is 25.9 Å². The summed E-state index contributed by atoms with van der Waals surface area (Å²) >= 11 is 0. The highest BCUT2D eigenvalue weighted by molar-refractivity contribution is 5.92. The number of nitrogens with zero attached hydrogens (tertiary/aromatic N) is 3. The first-order chi connectivity index (χ1) is 11.1. The number of fused-ring (bicyclic) bond motifs is 1. The number of rotatable bonds is 4. The Labute approximate surface area is 136 Å².